The van der Waals surface area contributed by atoms with E-state index in [1.54, 1.807) is 33.4 Å². The lowest BCUT2D eigenvalue weighted by Crippen LogP contribution is -2.44. The average molecular weight is 434 g/mol. The molecule has 2 aromatic rings. The molecule has 1 unspecified atom stereocenters. The second kappa shape index (κ2) is 10.7. The zero-order chi connectivity index (χ0) is 22.2. The van der Waals surface area contributed by atoms with Gasteiger partial charge in [-0.2, -0.15) is 8.78 Å². The van der Waals surface area contributed by atoms with Crippen molar-refractivity contribution in [3.8, 4) is 17.2 Å². The first-order valence-electron chi connectivity index (χ1n) is 9.99. The lowest BCUT2D eigenvalue weighted by molar-refractivity contribution is -0.0498. The molecule has 0 radical (unpaired) electrons. The molecule has 0 aliphatic carbocycles. The molecule has 0 aromatic heterocycles. The van der Waals surface area contributed by atoms with Crippen molar-refractivity contribution in [2.45, 2.75) is 25.6 Å². The van der Waals surface area contributed by atoms with Gasteiger partial charge in [-0.05, 0) is 24.1 Å². The van der Waals surface area contributed by atoms with Gasteiger partial charge in [0.05, 0.1) is 14.2 Å². The van der Waals surface area contributed by atoms with Gasteiger partial charge in [0.2, 0.25) is 0 Å². The van der Waals surface area contributed by atoms with Crippen molar-refractivity contribution in [3.63, 3.8) is 0 Å². The fraction of sp³-hybridized carbons (Fsp3) is 0.409. The van der Waals surface area contributed by atoms with Crippen LogP contribution in [0.15, 0.2) is 47.5 Å². The minimum atomic E-state index is -2.84. The number of benzene rings is 2. The summed E-state index contributed by atoms with van der Waals surface area (Å²) in [4.78, 5) is 6.54. The molecule has 2 N–H and O–H groups in total. The molecule has 1 saturated heterocycles. The van der Waals surface area contributed by atoms with Gasteiger partial charge < -0.3 is 29.7 Å². The van der Waals surface area contributed by atoms with Gasteiger partial charge in [-0.1, -0.05) is 12.1 Å². The molecule has 1 aliphatic heterocycles. The number of halogens is 2. The molecular formula is C22H28F2N4O3. The number of alkyl halides is 2. The van der Waals surface area contributed by atoms with Gasteiger partial charge in [-0.25, -0.2) is 0 Å². The number of methoxy groups -OCH3 is 2. The fourth-order valence-electron chi connectivity index (χ4n) is 3.49. The Labute approximate surface area is 181 Å². The van der Waals surface area contributed by atoms with E-state index in [0.29, 0.717) is 12.5 Å². The van der Waals surface area contributed by atoms with Gasteiger partial charge in [-0.15, -0.1) is 0 Å². The van der Waals surface area contributed by atoms with Crippen LogP contribution < -0.4 is 29.7 Å². The van der Waals surface area contributed by atoms with Crippen molar-refractivity contribution in [1.29, 1.82) is 0 Å². The number of aliphatic imine (C=N–C) groups is 1. The number of anilines is 1. The summed E-state index contributed by atoms with van der Waals surface area (Å²) in [7, 11) is 4.97. The van der Waals surface area contributed by atoms with Crippen LogP contribution in [-0.2, 0) is 6.54 Å². The van der Waals surface area contributed by atoms with Gasteiger partial charge in [0.15, 0.2) is 5.96 Å². The van der Waals surface area contributed by atoms with Gasteiger partial charge in [0.1, 0.15) is 17.2 Å². The normalized spacial score (nSPS) is 16.4. The molecule has 1 atom stereocenters. The second-order valence-electron chi connectivity index (χ2n) is 7.10. The monoisotopic (exact) mass is 434 g/mol. The zero-order valence-corrected chi connectivity index (χ0v) is 17.9. The van der Waals surface area contributed by atoms with Gasteiger partial charge in [0.25, 0.3) is 0 Å². The molecule has 31 heavy (non-hydrogen) atoms. The number of hydrogen-bond acceptors (Lipinski definition) is 5. The highest BCUT2D eigenvalue weighted by molar-refractivity contribution is 5.80. The fourth-order valence-corrected chi connectivity index (χ4v) is 3.49. The SMILES string of the molecule is CN=C(NCc1cccc(OC(F)F)c1)NC1CCN(c2cc(OC)cc(OC)c2)C1. The Hall–Kier alpha value is -3.23. The van der Waals surface area contributed by atoms with E-state index in [9.17, 15) is 8.78 Å². The van der Waals surface area contributed by atoms with E-state index < -0.39 is 6.61 Å². The Morgan fingerprint density at radius 2 is 1.87 bits per heavy atom. The Morgan fingerprint density at radius 3 is 2.52 bits per heavy atom. The van der Waals surface area contributed by atoms with Crippen LogP contribution >= 0.6 is 0 Å². The molecule has 0 saturated carbocycles. The van der Waals surface area contributed by atoms with Crippen molar-refractivity contribution in [3.05, 3.63) is 48.0 Å². The topological polar surface area (TPSA) is 67.4 Å². The highest BCUT2D eigenvalue weighted by Gasteiger charge is 2.24. The van der Waals surface area contributed by atoms with Crippen LogP contribution in [0.1, 0.15) is 12.0 Å². The number of nitrogens with one attached hydrogen (secondary N) is 2. The standard InChI is InChI=1S/C22H28F2N4O3/c1-25-22(26-13-15-5-4-6-18(9-15)31-21(23)24)27-16-7-8-28(14-16)17-10-19(29-2)12-20(11-17)30-3/h4-6,9-12,16,21H,7-8,13-14H2,1-3H3,(H2,25,26,27). The van der Waals surface area contributed by atoms with E-state index in [-0.39, 0.29) is 11.8 Å². The third-order valence-corrected chi connectivity index (χ3v) is 5.04. The molecule has 168 valence electrons. The first-order chi connectivity index (χ1) is 15.0. The molecular weight excluding hydrogens is 406 g/mol. The maximum absolute atomic E-state index is 12.4. The predicted octanol–water partition coefficient (Wildman–Crippen LogP) is 3.25. The highest BCUT2D eigenvalue weighted by Crippen LogP contribution is 2.30. The number of ether oxygens (including phenoxy) is 3. The summed E-state index contributed by atoms with van der Waals surface area (Å²) in [5, 5.41) is 6.64. The second-order valence-corrected chi connectivity index (χ2v) is 7.10. The Balaban J connectivity index is 1.55. The van der Waals surface area contributed by atoms with Crippen molar-refractivity contribution in [1.82, 2.24) is 10.6 Å². The summed E-state index contributed by atoms with van der Waals surface area (Å²) >= 11 is 0. The van der Waals surface area contributed by atoms with Crippen molar-refractivity contribution >= 4 is 11.6 Å². The molecule has 2 aromatic carbocycles. The summed E-state index contributed by atoms with van der Waals surface area (Å²) < 4.78 is 40.0. The highest BCUT2D eigenvalue weighted by atomic mass is 19.3. The molecule has 3 rings (SSSR count). The lowest BCUT2D eigenvalue weighted by Gasteiger charge is -2.21. The molecule has 1 aliphatic rings. The van der Waals surface area contributed by atoms with Crippen LogP contribution in [0.25, 0.3) is 0 Å². The Morgan fingerprint density at radius 1 is 1.13 bits per heavy atom. The third kappa shape index (κ3) is 6.37. The molecule has 0 bridgehead atoms. The van der Waals surface area contributed by atoms with E-state index in [4.69, 9.17) is 9.47 Å². The average Bonchev–Trinajstić information content (AvgIpc) is 3.24. The minimum absolute atomic E-state index is 0.136. The van der Waals surface area contributed by atoms with Crippen molar-refractivity contribution < 1.29 is 23.0 Å². The quantitative estimate of drug-likeness (QED) is 0.491. The van der Waals surface area contributed by atoms with E-state index in [1.165, 1.54) is 6.07 Å². The number of nitrogens with zero attached hydrogens (tertiary/aromatic N) is 2. The van der Waals surface area contributed by atoms with E-state index >= 15 is 0 Å². The molecule has 0 amide bonds. The molecule has 0 spiro atoms. The van der Waals surface area contributed by atoms with E-state index in [2.05, 4.69) is 25.3 Å². The van der Waals surface area contributed by atoms with Crippen molar-refractivity contribution in [2.75, 3.05) is 39.3 Å². The van der Waals surface area contributed by atoms with E-state index in [1.807, 2.05) is 24.3 Å². The maximum atomic E-state index is 12.4. The molecule has 7 nitrogen and oxygen atoms in total. The lowest BCUT2D eigenvalue weighted by atomic mass is 10.2. The van der Waals surface area contributed by atoms with Crippen LogP contribution in [0.4, 0.5) is 14.5 Å². The van der Waals surface area contributed by atoms with Gasteiger partial charge >= 0.3 is 6.61 Å². The van der Waals surface area contributed by atoms with Crippen LogP contribution in [0.2, 0.25) is 0 Å². The smallest absolute Gasteiger partial charge is 0.387 e. The minimum Gasteiger partial charge on any atom is -0.497 e. The van der Waals surface area contributed by atoms with Gasteiger partial charge in [0, 0.05) is 56.6 Å². The van der Waals surface area contributed by atoms with Crippen LogP contribution in [-0.4, -0.2) is 53.0 Å². The summed E-state index contributed by atoms with van der Waals surface area (Å²) in [5.41, 5.74) is 1.86. The van der Waals surface area contributed by atoms with Crippen molar-refractivity contribution in [2.24, 2.45) is 4.99 Å². The molecule has 9 heteroatoms. The Bertz CT molecular complexity index is 873. The number of rotatable bonds is 8. The first-order valence-corrected chi connectivity index (χ1v) is 9.99. The van der Waals surface area contributed by atoms with Crippen LogP contribution in [0.3, 0.4) is 0 Å². The van der Waals surface area contributed by atoms with Crippen LogP contribution in [0, 0.1) is 0 Å². The number of hydrogen-bond donors (Lipinski definition) is 2. The first kappa shape index (κ1) is 22.5. The predicted molar refractivity (Wildman–Crippen MR) is 117 cm³/mol. The van der Waals surface area contributed by atoms with E-state index in [0.717, 1.165) is 42.3 Å². The summed E-state index contributed by atoms with van der Waals surface area (Å²) in [6, 6.07) is 12.6. The zero-order valence-electron chi connectivity index (χ0n) is 17.9. The number of guanidine groups is 1. The largest absolute Gasteiger partial charge is 0.497 e. The Kier molecular flexibility index (Phi) is 7.75. The molecule has 1 heterocycles. The van der Waals surface area contributed by atoms with Gasteiger partial charge in [-0.3, -0.25) is 4.99 Å². The maximum Gasteiger partial charge on any atom is 0.387 e. The summed E-state index contributed by atoms with van der Waals surface area (Å²) in [5.74, 6) is 2.29. The summed E-state index contributed by atoms with van der Waals surface area (Å²) in [6.45, 7) is -0.719. The molecule has 1 fully saturated rings. The summed E-state index contributed by atoms with van der Waals surface area (Å²) in [6.07, 6.45) is 0.942. The third-order valence-electron chi connectivity index (χ3n) is 5.04. The van der Waals surface area contributed by atoms with Crippen LogP contribution in [0.5, 0.6) is 17.2 Å².